The lowest BCUT2D eigenvalue weighted by Crippen LogP contribution is -2.39. The largest absolute Gasteiger partial charge is 0.394 e. The predicted octanol–water partition coefficient (Wildman–Crippen LogP) is -2.11. The Labute approximate surface area is 64.0 Å². The first-order valence-electron chi connectivity index (χ1n) is 3.11. The normalized spacial score (nSPS) is 51.5. The monoisotopic (exact) mass is 162 g/mol. The van der Waals surface area contributed by atoms with Gasteiger partial charge in [0.05, 0.1) is 6.61 Å². The Hall–Kier alpha value is -0.165. The Kier molecular flexibility index (Phi) is 2.20. The van der Waals surface area contributed by atoms with Crippen molar-refractivity contribution >= 4 is 7.85 Å². The maximum absolute atomic E-state index is 12.7. The van der Waals surface area contributed by atoms with E-state index < -0.39 is 30.7 Å². The number of halogens is 1. The molecule has 0 aromatic heterocycles. The highest BCUT2D eigenvalue weighted by atomic mass is 19.2. The van der Waals surface area contributed by atoms with Gasteiger partial charge in [-0.1, -0.05) is 0 Å². The molecule has 0 saturated carbocycles. The van der Waals surface area contributed by atoms with E-state index in [2.05, 4.69) is 4.74 Å². The van der Waals surface area contributed by atoms with Crippen molar-refractivity contribution in [2.24, 2.45) is 0 Å². The van der Waals surface area contributed by atoms with E-state index in [0.29, 0.717) is 0 Å². The van der Waals surface area contributed by atoms with Crippen LogP contribution < -0.4 is 0 Å². The fraction of sp³-hybridized carbons (Fsp3) is 1.00. The maximum atomic E-state index is 12.7. The smallest absolute Gasteiger partial charge is 0.188 e. The lowest BCUT2D eigenvalue weighted by Gasteiger charge is -2.17. The summed E-state index contributed by atoms with van der Waals surface area (Å²) in [5.74, 6) is -2.76. The number of aliphatic hydroxyl groups is 3. The summed E-state index contributed by atoms with van der Waals surface area (Å²) >= 11 is 0. The van der Waals surface area contributed by atoms with E-state index in [-0.39, 0.29) is 0 Å². The lowest BCUT2D eigenvalue weighted by atomic mass is 9.90. The van der Waals surface area contributed by atoms with Gasteiger partial charge in [-0.3, -0.25) is 0 Å². The van der Waals surface area contributed by atoms with Crippen LogP contribution in [-0.2, 0) is 4.74 Å². The van der Waals surface area contributed by atoms with E-state index in [1.165, 1.54) is 0 Å². The molecule has 4 atom stereocenters. The van der Waals surface area contributed by atoms with E-state index in [9.17, 15) is 4.39 Å². The minimum Gasteiger partial charge on any atom is -0.394 e. The quantitative estimate of drug-likeness (QED) is 0.386. The number of rotatable bonds is 1. The Morgan fingerprint density at radius 3 is 2.27 bits per heavy atom. The molecule has 2 radical (unpaired) electrons. The molecule has 1 aliphatic heterocycles. The van der Waals surface area contributed by atoms with Gasteiger partial charge in [0, 0.05) is 0 Å². The van der Waals surface area contributed by atoms with Crippen LogP contribution in [0, 0.1) is 0 Å². The third kappa shape index (κ3) is 1.39. The summed E-state index contributed by atoms with van der Waals surface area (Å²) in [6.07, 6.45) is -4.44. The standard InChI is InChI=1S/C5H8BFO4/c6-5(7)4(10)3(9)2(1-8)11-5/h2-4,8-10H,1H2/t2-,3?,4+,5-/m1/s1. The minimum absolute atomic E-state index is 0.582. The number of hydrogen-bond acceptors (Lipinski definition) is 4. The minimum atomic E-state index is -2.76. The number of hydrogen-bond donors (Lipinski definition) is 3. The second-order valence-corrected chi connectivity index (χ2v) is 2.47. The third-order valence-corrected chi connectivity index (χ3v) is 1.62. The molecule has 0 aromatic carbocycles. The molecule has 6 heteroatoms. The maximum Gasteiger partial charge on any atom is 0.188 e. The van der Waals surface area contributed by atoms with Crippen LogP contribution in [0.4, 0.5) is 4.39 Å². The highest BCUT2D eigenvalue weighted by Crippen LogP contribution is 2.29. The molecule has 3 N–H and O–H groups in total. The molecule has 1 rings (SSSR count). The molecule has 0 aliphatic carbocycles. The zero-order chi connectivity index (χ0) is 8.65. The summed E-state index contributed by atoms with van der Waals surface area (Å²) in [5.41, 5.74) is 0. The van der Waals surface area contributed by atoms with E-state index in [1.807, 2.05) is 0 Å². The van der Waals surface area contributed by atoms with Gasteiger partial charge in [0.1, 0.15) is 18.3 Å². The Morgan fingerprint density at radius 1 is 1.55 bits per heavy atom. The zero-order valence-corrected chi connectivity index (χ0v) is 5.64. The number of ether oxygens (including phenoxy) is 1. The van der Waals surface area contributed by atoms with E-state index in [4.69, 9.17) is 23.2 Å². The molecular formula is C5H8BFO4. The predicted molar refractivity (Wildman–Crippen MR) is 33.6 cm³/mol. The van der Waals surface area contributed by atoms with Crippen LogP contribution in [0.1, 0.15) is 0 Å². The first kappa shape index (κ1) is 8.93. The van der Waals surface area contributed by atoms with Crippen molar-refractivity contribution in [3.05, 3.63) is 0 Å². The average Bonchev–Trinajstić information content (AvgIpc) is 2.13. The van der Waals surface area contributed by atoms with Crippen LogP contribution in [-0.4, -0.2) is 53.8 Å². The van der Waals surface area contributed by atoms with Crippen LogP contribution in [0.5, 0.6) is 0 Å². The summed E-state index contributed by atoms with van der Waals surface area (Å²) < 4.78 is 17.0. The fourth-order valence-electron chi connectivity index (χ4n) is 0.953. The Balaban J connectivity index is 2.69. The number of aliphatic hydroxyl groups excluding tert-OH is 3. The first-order chi connectivity index (χ1) is 4.99. The Morgan fingerprint density at radius 2 is 2.09 bits per heavy atom. The molecule has 4 nitrogen and oxygen atoms in total. The second kappa shape index (κ2) is 2.71. The molecular weight excluding hydrogens is 154 g/mol. The highest BCUT2D eigenvalue weighted by molar-refractivity contribution is 6.14. The SMILES string of the molecule is [B][C@]1(F)O[C@H](CO)C(O)[C@@H]1O. The summed E-state index contributed by atoms with van der Waals surface area (Å²) in [4.78, 5) is 0. The van der Waals surface area contributed by atoms with Crippen molar-refractivity contribution in [3.8, 4) is 0 Å². The van der Waals surface area contributed by atoms with Gasteiger partial charge in [0.25, 0.3) is 0 Å². The molecule has 0 amide bonds. The summed E-state index contributed by atoms with van der Waals surface area (Å²) in [5, 5.41) is 26.2. The van der Waals surface area contributed by atoms with Crippen molar-refractivity contribution in [2.75, 3.05) is 6.61 Å². The molecule has 1 fully saturated rings. The van der Waals surface area contributed by atoms with Gasteiger partial charge < -0.3 is 20.1 Å². The van der Waals surface area contributed by atoms with Gasteiger partial charge in [-0.2, -0.15) is 0 Å². The van der Waals surface area contributed by atoms with Gasteiger partial charge in [-0.15, -0.1) is 0 Å². The highest BCUT2D eigenvalue weighted by Gasteiger charge is 2.50. The number of alkyl halides is 1. The molecule has 0 spiro atoms. The van der Waals surface area contributed by atoms with Gasteiger partial charge in [-0.25, -0.2) is 4.39 Å². The topological polar surface area (TPSA) is 69.9 Å². The molecule has 1 heterocycles. The summed E-state index contributed by atoms with van der Waals surface area (Å²) in [7, 11) is 4.77. The van der Waals surface area contributed by atoms with Crippen molar-refractivity contribution in [1.29, 1.82) is 0 Å². The molecule has 0 aromatic rings. The van der Waals surface area contributed by atoms with Gasteiger partial charge in [0.15, 0.2) is 13.6 Å². The summed E-state index contributed by atoms with van der Waals surface area (Å²) in [6, 6.07) is 0. The van der Waals surface area contributed by atoms with Crippen molar-refractivity contribution in [2.45, 2.75) is 24.1 Å². The van der Waals surface area contributed by atoms with Gasteiger partial charge in [-0.05, 0) is 0 Å². The lowest BCUT2D eigenvalue weighted by molar-refractivity contribution is -0.117. The Bertz CT molecular complexity index is 153. The molecule has 1 saturated heterocycles. The molecule has 0 bridgehead atoms. The molecule has 11 heavy (non-hydrogen) atoms. The van der Waals surface area contributed by atoms with Crippen molar-refractivity contribution in [3.63, 3.8) is 0 Å². The van der Waals surface area contributed by atoms with Crippen molar-refractivity contribution in [1.82, 2.24) is 0 Å². The van der Waals surface area contributed by atoms with E-state index in [1.54, 1.807) is 0 Å². The van der Waals surface area contributed by atoms with Crippen LogP contribution in [0.3, 0.4) is 0 Å². The van der Waals surface area contributed by atoms with Crippen LogP contribution >= 0.6 is 0 Å². The van der Waals surface area contributed by atoms with Gasteiger partial charge >= 0.3 is 0 Å². The second-order valence-electron chi connectivity index (χ2n) is 2.47. The summed E-state index contributed by atoms with van der Waals surface area (Å²) in [6.45, 7) is -0.582. The van der Waals surface area contributed by atoms with Crippen molar-refractivity contribution < 1.29 is 24.4 Å². The van der Waals surface area contributed by atoms with E-state index >= 15 is 0 Å². The average molecular weight is 162 g/mol. The van der Waals surface area contributed by atoms with Gasteiger partial charge in [0.2, 0.25) is 0 Å². The molecule has 1 unspecified atom stereocenters. The van der Waals surface area contributed by atoms with Crippen LogP contribution in [0.25, 0.3) is 0 Å². The first-order valence-corrected chi connectivity index (χ1v) is 3.11. The fourth-order valence-corrected chi connectivity index (χ4v) is 0.953. The third-order valence-electron chi connectivity index (χ3n) is 1.62. The zero-order valence-electron chi connectivity index (χ0n) is 5.64. The van der Waals surface area contributed by atoms with Crippen LogP contribution in [0.2, 0.25) is 0 Å². The molecule has 1 aliphatic rings. The molecule has 62 valence electrons. The van der Waals surface area contributed by atoms with Crippen LogP contribution in [0.15, 0.2) is 0 Å². The van der Waals surface area contributed by atoms with E-state index in [0.717, 1.165) is 0 Å².